The SMILES string of the molecule is C=C(C)CC1CCCCO1.CCCC(CCC)CC(=O)N1CCC(C2C3=C(CCc4cc(Cl)cc(Br)c42)CC(C)C=N3)CC1.CN. The van der Waals surface area contributed by atoms with Crippen molar-refractivity contribution in [1.29, 1.82) is 0 Å². The van der Waals surface area contributed by atoms with Crippen molar-refractivity contribution in [2.24, 2.45) is 28.5 Å². The first-order valence-electron chi connectivity index (χ1n) is 18.0. The lowest BCUT2D eigenvalue weighted by atomic mass is 9.75. The van der Waals surface area contributed by atoms with Crippen molar-refractivity contribution >= 4 is 39.7 Å². The number of nitrogens with zero attached hydrogens (tertiary/aromatic N) is 2. The lowest BCUT2D eigenvalue weighted by molar-refractivity contribution is -0.133. The Hall–Kier alpha value is -1.47. The normalized spacial score (nSPS) is 23.0. The number of piperidine rings is 1. The topological polar surface area (TPSA) is 67.9 Å². The highest BCUT2D eigenvalue weighted by Gasteiger charge is 2.37. The minimum absolute atomic E-state index is 0.285. The van der Waals surface area contributed by atoms with Crippen LogP contribution in [0.25, 0.3) is 0 Å². The van der Waals surface area contributed by atoms with Gasteiger partial charge >= 0.3 is 0 Å². The molecule has 0 spiro atoms. The van der Waals surface area contributed by atoms with E-state index in [0.717, 1.165) is 87.0 Å². The highest BCUT2D eigenvalue weighted by Crippen LogP contribution is 2.49. The summed E-state index contributed by atoms with van der Waals surface area (Å²) in [4.78, 5) is 20.3. The fourth-order valence-corrected chi connectivity index (χ4v) is 8.95. The van der Waals surface area contributed by atoms with Gasteiger partial charge < -0.3 is 15.4 Å². The molecule has 258 valence electrons. The number of ether oxygens (including phenoxy) is 1. The predicted molar refractivity (Wildman–Crippen MR) is 200 cm³/mol. The zero-order chi connectivity index (χ0) is 33.6. The van der Waals surface area contributed by atoms with Gasteiger partial charge in [-0.25, -0.2) is 0 Å². The van der Waals surface area contributed by atoms with Crippen LogP contribution < -0.4 is 5.73 Å². The van der Waals surface area contributed by atoms with Crippen LogP contribution >= 0.6 is 27.5 Å². The molecule has 0 aromatic heterocycles. The van der Waals surface area contributed by atoms with Gasteiger partial charge in [0, 0.05) is 53.4 Å². The first-order valence-corrected chi connectivity index (χ1v) is 19.2. The molecule has 1 aliphatic carbocycles. The Morgan fingerprint density at radius 3 is 2.43 bits per heavy atom. The number of amides is 1. The van der Waals surface area contributed by atoms with Gasteiger partial charge in [-0.3, -0.25) is 9.79 Å². The molecule has 7 heteroatoms. The largest absolute Gasteiger partial charge is 0.378 e. The van der Waals surface area contributed by atoms with E-state index in [9.17, 15) is 4.79 Å². The van der Waals surface area contributed by atoms with Gasteiger partial charge in [-0.1, -0.05) is 79.6 Å². The first kappa shape index (κ1) is 39.0. The maximum Gasteiger partial charge on any atom is 0.222 e. The number of hydrogen-bond donors (Lipinski definition) is 1. The van der Waals surface area contributed by atoms with Gasteiger partial charge in [0.15, 0.2) is 0 Å². The number of rotatable bonds is 9. The second kappa shape index (κ2) is 20.1. The van der Waals surface area contributed by atoms with Crippen LogP contribution in [0.5, 0.6) is 0 Å². The van der Waals surface area contributed by atoms with Crippen molar-refractivity contribution in [3.05, 3.63) is 56.2 Å². The molecule has 3 aliphatic heterocycles. The van der Waals surface area contributed by atoms with E-state index in [1.165, 1.54) is 67.1 Å². The number of aryl methyl sites for hydroxylation is 1. The summed E-state index contributed by atoms with van der Waals surface area (Å²) in [5, 5.41) is 0.801. The molecule has 0 saturated carbocycles. The van der Waals surface area contributed by atoms with Crippen LogP contribution in [0, 0.1) is 17.8 Å². The minimum atomic E-state index is 0.285. The molecule has 1 aromatic carbocycles. The van der Waals surface area contributed by atoms with E-state index in [4.69, 9.17) is 21.3 Å². The zero-order valence-corrected chi connectivity index (χ0v) is 31.7. The first-order chi connectivity index (χ1) is 22.2. The number of hydrogen-bond acceptors (Lipinski definition) is 4. The van der Waals surface area contributed by atoms with Crippen LogP contribution in [0.1, 0.15) is 128 Å². The van der Waals surface area contributed by atoms with Crippen LogP contribution in [0.15, 0.2) is 45.0 Å². The molecular weight excluding hydrogens is 658 g/mol. The molecule has 3 unspecified atom stereocenters. The fourth-order valence-electron chi connectivity index (χ4n) is 7.83. The summed E-state index contributed by atoms with van der Waals surface area (Å²) < 4.78 is 6.64. The summed E-state index contributed by atoms with van der Waals surface area (Å²) in [7, 11) is 1.50. The Balaban J connectivity index is 0.000000406. The van der Waals surface area contributed by atoms with E-state index in [0.29, 0.717) is 29.8 Å². The molecule has 1 amide bonds. The van der Waals surface area contributed by atoms with Crippen LogP contribution in [-0.2, 0) is 16.0 Å². The molecule has 2 saturated heterocycles. The third-order valence-electron chi connectivity index (χ3n) is 9.95. The highest BCUT2D eigenvalue weighted by molar-refractivity contribution is 9.10. The van der Waals surface area contributed by atoms with Crippen molar-refractivity contribution in [1.82, 2.24) is 4.90 Å². The molecule has 3 atom stereocenters. The molecule has 46 heavy (non-hydrogen) atoms. The number of halogens is 2. The van der Waals surface area contributed by atoms with Crippen molar-refractivity contribution < 1.29 is 9.53 Å². The average Bonchev–Trinajstić information content (AvgIpc) is 3.19. The van der Waals surface area contributed by atoms with Gasteiger partial charge in [-0.15, -0.1) is 6.58 Å². The van der Waals surface area contributed by atoms with E-state index in [1.807, 2.05) is 6.07 Å². The lowest BCUT2D eigenvalue weighted by Crippen LogP contribution is -2.40. The molecule has 0 radical (unpaired) electrons. The second-order valence-electron chi connectivity index (χ2n) is 13.9. The number of carbonyl (C=O) groups excluding carboxylic acids is 1. The highest BCUT2D eigenvalue weighted by atomic mass is 79.9. The number of aliphatic imine (C=N–C) groups is 1. The summed E-state index contributed by atoms with van der Waals surface area (Å²) in [6, 6.07) is 4.22. The number of allylic oxidation sites excluding steroid dienone is 2. The van der Waals surface area contributed by atoms with Gasteiger partial charge in [0.1, 0.15) is 0 Å². The standard InChI is InChI=1S/C29H40BrClN2O.C9H16O.CH5N/c1-4-6-20(7-5-2)15-26(34)33-12-10-21(11-13-33)28-27-22(16-24(31)17-25(27)30)8-9-23-14-19(3)18-32-29(23)28;1-8(2)7-9-5-3-4-6-10-9;1-2/h16-21,28H,4-15H2,1-3H3;9H,1,3-7H2,2H3;2H2,1H3. The van der Waals surface area contributed by atoms with Crippen molar-refractivity contribution in [2.45, 2.75) is 130 Å². The predicted octanol–water partition coefficient (Wildman–Crippen LogP) is 10.4. The van der Waals surface area contributed by atoms with Crippen molar-refractivity contribution in [3.8, 4) is 0 Å². The van der Waals surface area contributed by atoms with Gasteiger partial charge in [0.05, 0.1) is 6.10 Å². The lowest BCUT2D eigenvalue weighted by Gasteiger charge is -2.38. The maximum absolute atomic E-state index is 13.1. The Labute approximate surface area is 294 Å². The minimum Gasteiger partial charge on any atom is -0.378 e. The molecule has 5 nitrogen and oxygen atoms in total. The molecule has 2 fully saturated rings. The third kappa shape index (κ3) is 11.3. The monoisotopic (exact) mass is 717 g/mol. The third-order valence-corrected chi connectivity index (χ3v) is 10.8. The van der Waals surface area contributed by atoms with E-state index in [1.54, 1.807) is 0 Å². The van der Waals surface area contributed by atoms with E-state index in [2.05, 4.69) is 73.1 Å². The summed E-state index contributed by atoms with van der Waals surface area (Å²) in [5.74, 6) is 2.19. The smallest absolute Gasteiger partial charge is 0.222 e. The Bertz CT molecular complexity index is 1180. The molecular formula is C39H61BrClN3O2. The van der Waals surface area contributed by atoms with Gasteiger partial charge in [0.2, 0.25) is 5.91 Å². The molecule has 5 rings (SSSR count). The van der Waals surface area contributed by atoms with Gasteiger partial charge in [-0.05, 0) is 118 Å². The Morgan fingerprint density at radius 1 is 1.13 bits per heavy atom. The average molecular weight is 719 g/mol. The van der Waals surface area contributed by atoms with E-state index < -0.39 is 0 Å². The fraction of sp³-hybridized carbons (Fsp3) is 0.692. The van der Waals surface area contributed by atoms with Gasteiger partial charge in [-0.2, -0.15) is 0 Å². The summed E-state index contributed by atoms with van der Waals surface area (Å²) in [5.41, 5.74) is 11.3. The number of likely N-dealkylation sites (tertiary alicyclic amines) is 1. The Morgan fingerprint density at radius 2 is 1.83 bits per heavy atom. The maximum atomic E-state index is 13.1. The van der Waals surface area contributed by atoms with E-state index >= 15 is 0 Å². The summed E-state index contributed by atoms with van der Waals surface area (Å²) in [6.07, 6.45) is 18.2. The number of nitrogens with two attached hydrogens (primary N) is 1. The molecule has 0 bridgehead atoms. The number of carbonyl (C=O) groups is 1. The van der Waals surface area contributed by atoms with Crippen LogP contribution in [-0.4, -0.2) is 49.9 Å². The summed E-state index contributed by atoms with van der Waals surface area (Å²) >= 11 is 10.3. The molecule has 4 aliphatic rings. The van der Waals surface area contributed by atoms with Crippen molar-refractivity contribution in [2.75, 3.05) is 26.7 Å². The molecule has 3 heterocycles. The van der Waals surface area contributed by atoms with Crippen LogP contribution in [0.2, 0.25) is 5.02 Å². The van der Waals surface area contributed by atoms with Crippen molar-refractivity contribution in [3.63, 3.8) is 0 Å². The number of benzene rings is 1. The molecule has 1 aromatic rings. The van der Waals surface area contributed by atoms with Gasteiger partial charge in [0.25, 0.3) is 0 Å². The van der Waals surface area contributed by atoms with Crippen LogP contribution in [0.3, 0.4) is 0 Å². The zero-order valence-electron chi connectivity index (χ0n) is 29.4. The quantitative estimate of drug-likeness (QED) is 0.259. The second-order valence-corrected chi connectivity index (χ2v) is 15.2. The Kier molecular flexibility index (Phi) is 17.1. The molecule has 2 N–H and O–H groups in total. The van der Waals surface area contributed by atoms with E-state index in [-0.39, 0.29) is 5.92 Å². The summed E-state index contributed by atoms with van der Waals surface area (Å²) in [6.45, 7) is 15.4. The number of fused-ring (bicyclic) bond motifs is 1. The van der Waals surface area contributed by atoms with Crippen LogP contribution in [0.4, 0.5) is 0 Å².